The monoisotopic (exact) mass is 389 g/mol. The molecule has 0 aliphatic rings. The molecule has 1 aromatic rings. The van der Waals surface area contributed by atoms with Gasteiger partial charge in [0.2, 0.25) is 15.9 Å². The van der Waals surface area contributed by atoms with Crippen molar-refractivity contribution in [2.45, 2.75) is 30.5 Å². The Kier molecular flexibility index (Phi) is 7.84. The molecule has 0 aliphatic carbocycles. The van der Waals surface area contributed by atoms with Crippen molar-refractivity contribution >= 4 is 33.2 Å². The molecule has 0 spiro atoms. The molecule has 0 radical (unpaired) electrons. The molecule has 0 atom stereocenters. The summed E-state index contributed by atoms with van der Waals surface area (Å²) in [6.45, 7) is 6.45. The van der Waals surface area contributed by atoms with Gasteiger partial charge in [0, 0.05) is 32.7 Å². The van der Waals surface area contributed by atoms with Crippen molar-refractivity contribution in [2.24, 2.45) is 4.99 Å². The Morgan fingerprint density at radius 1 is 1.32 bits per heavy atom. The molecule has 25 heavy (non-hydrogen) atoms. The van der Waals surface area contributed by atoms with Crippen molar-refractivity contribution < 1.29 is 13.2 Å². The molecule has 1 aromatic heterocycles. The summed E-state index contributed by atoms with van der Waals surface area (Å²) >= 11 is 1.17. The van der Waals surface area contributed by atoms with E-state index in [-0.39, 0.29) is 28.7 Å². The number of guanidine groups is 1. The predicted octanol–water partition coefficient (Wildman–Crippen LogP) is 0.448. The second-order valence-electron chi connectivity index (χ2n) is 6.46. The molecule has 0 saturated carbocycles. The highest BCUT2D eigenvalue weighted by Crippen LogP contribution is 2.14. The summed E-state index contributed by atoms with van der Waals surface area (Å²) in [5, 5.41) is 7.62. The van der Waals surface area contributed by atoms with Crippen LogP contribution in [-0.2, 0) is 14.8 Å². The summed E-state index contributed by atoms with van der Waals surface area (Å²) in [6, 6.07) is 3.25. The van der Waals surface area contributed by atoms with Crippen molar-refractivity contribution in [3.05, 3.63) is 17.5 Å². The molecule has 0 saturated heterocycles. The molecule has 142 valence electrons. The van der Waals surface area contributed by atoms with Crippen LogP contribution < -0.4 is 15.4 Å². The zero-order valence-electron chi connectivity index (χ0n) is 15.3. The van der Waals surface area contributed by atoms with E-state index in [1.54, 1.807) is 36.5 Å². The van der Waals surface area contributed by atoms with E-state index in [1.165, 1.54) is 11.3 Å². The van der Waals surface area contributed by atoms with Crippen molar-refractivity contribution in [1.29, 1.82) is 0 Å². The number of likely N-dealkylation sites (N-methyl/N-ethyl adjacent to an activating group) is 1. The van der Waals surface area contributed by atoms with Crippen LogP contribution in [0, 0.1) is 0 Å². The number of amides is 1. The average Bonchev–Trinajstić information content (AvgIpc) is 2.99. The molecule has 1 rings (SSSR count). The minimum absolute atomic E-state index is 0.114. The van der Waals surface area contributed by atoms with Crippen molar-refractivity contribution in [1.82, 2.24) is 20.3 Å². The zero-order valence-corrected chi connectivity index (χ0v) is 16.9. The van der Waals surface area contributed by atoms with Gasteiger partial charge in [0.05, 0.1) is 6.54 Å². The molecule has 1 heterocycles. The van der Waals surface area contributed by atoms with E-state index in [2.05, 4.69) is 20.3 Å². The van der Waals surface area contributed by atoms with Gasteiger partial charge in [0.15, 0.2) is 5.96 Å². The largest absolute Gasteiger partial charge is 0.355 e. The standard InChI is InChI=1S/C15H27N5O3S2/c1-15(2,3)19-12(21)11-20(5)14(16-4)17-8-9-18-25(22,23)13-7-6-10-24-13/h6-7,10,18H,8-9,11H2,1-5H3,(H,16,17)(H,19,21). The number of hydrogen-bond acceptors (Lipinski definition) is 5. The van der Waals surface area contributed by atoms with E-state index in [1.807, 2.05) is 20.8 Å². The average molecular weight is 390 g/mol. The van der Waals surface area contributed by atoms with Gasteiger partial charge in [-0.3, -0.25) is 9.79 Å². The topological polar surface area (TPSA) is 103 Å². The van der Waals surface area contributed by atoms with Crippen molar-refractivity contribution in [2.75, 3.05) is 33.7 Å². The quantitative estimate of drug-likeness (QED) is 0.357. The Bertz CT molecular complexity index is 679. The third-order valence-electron chi connectivity index (χ3n) is 2.93. The van der Waals surface area contributed by atoms with E-state index < -0.39 is 10.0 Å². The van der Waals surface area contributed by atoms with E-state index in [0.29, 0.717) is 12.5 Å². The first-order valence-corrected chi connectivity index (χ1v) is 10.2. The third-order valence-corrected chi connectivity index (χ3v) is 5.79. The third kappa shape index (κ3) is 7.84. The molecular weight excluding hydrogens is 362 g/mol. The fourth-order valence-electron chi connectivity index (χ4n) is 1.98. The summed E-state index contributed by atoms with van der Waals surface area (Å²) < 4.78 is 26.8. The number of rotatable bonds is 7. The van der Waals surface area contributed by atoms with Gasteiger partial charge in [0.25, 0.3) is 0 Å². The molecular formula is C15H27N5O3S2. The Morgan fingerprint density at radius 3 is 2.52 bits per heavy atom. The highest BCUT2D eigenvalue weighted by Gasteiger charge is 2.17. The van der Waals surface area contributed by atoms with Gasteiger partial charge in [0.1, 0.15) is 4.21 Å². The van der Waals surface area contributed by atoms with Crippen LogP contribution in [0.4, 0.5) is 0 Å². The Morgan fingerprint density at radius 2 is 2.00 bits per heavy atom. The van der Waals surface area contributed by atoms with Crippen LogP contribution in [0.1, 0.15) is 20.8 Å². The van der Waals surface area contributed by atoms with Gasteiger partial charge in [-0.1, -0.05) is 6.07 Å². The van der Waals surface area contributed by atoms with Crippen molar-refractivity contribution in [3.8, 4) is 0 Å². The Hall–Kier alpha value is -1.65. The molecule has 10 heteroatoms. The number of carbonyl (C=O) groups is 1. The molecule has 0 aliphatic heterocycles. The molecule has 0 fully saturated rings. The minimum Gasteiger partial charge on any atom is -0.355 e. The van der Waals surface area contributed by atoms with Gasteiger partial charge in [-0.25, -0.2) is 13.1 Å². The van der Waals surface area contributed by atoms with Crippen LogP contribution in [0.5, 0.6) is 0 Å². The number of nitrogens with one attached hydrogen (secondary N) is 3. The Balaban J connectivity index is 2.43. The van der Waals surface area contributed by atoms with Crippen LogP contribution in [0.3, 0.4) is 0 Å². The lowest BCUT2D eigenvalue weighted by atomic mass is 10.1. The first kappa shape index (κ1) is 21.4. The number of carbonyl (C=O) groups excluding carboxylic acids is 1. The first-order chi connectivity index (χ1) is 11.5. The smallest absolute Gasteiger partial charge is 0.250 e. The van der Waals surface area contributed by atoms with Crippen LogP contribution in [0.15, 0.2) is 26.7 Å². The fraction of sp³-hybridized carbons (Fsp3) is 0.600. The van der Waals surface area contributed by atoms with Gasteiger partial charge < -0.3 is 15.5 Å². The van der Waals surface area contributed by atoms with Crippen LogP contribution in [0.2, 0.25) is 0 Å². The summed E-state index contributed by atoms with van der Waals surface area (Å²) in [6.07, 6.45) is 0. The van der Waals surface area contributed by atoms with E-state index in [0.717, 1.165) is 0 Å². The number of thiophene rings is 1. The van der Waals surface area contributed by atoms with Gasteiger partial charge in [-0.15, -0.1) is 11.3 Å². The number of hydrogen-bond donors (Lipinski definition) is 3. The highest BCUT2D eigenvalue weighted by molar-refractivity contribution is 7.91. The molecule has 0 unspecified atom stereocenters. The molecule has 0 aromatic carbocycles. The maximum absolute atomic E-state index is 12.0. The molecule has 8 nitrogen and oxygen atoms in total. The van der Waals surface area contributed by atoms with E-state index in [4.69, 9.17) is 0 Å². The lowest BCUT2D eigenvalue weighted by Gasteiger charge is -2.25. The lowest BCUT2D eigenvalue weighted by molar-refractivity contribution is -0.122. The second kappa shape index (κ2) is 9.16. The molecule has 3 N–H and O–H groups in total. The minimum atomic E-state index is -3.47. The molecule has 0 bridgehead atoms. The maximum atomic E-state index is 12.0. The number of aliphatic imine (C=N–C) groups is 1. The zero-order chi connectivity index (χ0) is 19.1. The summed E-state index contributed by atoms with van der Waals surface area (Å²) in [5.41, 5.74) is -0.297. The summed E-state index contributed by atoms with van der Waals surface area (Å²) in [5.74, 6) is 0.399. The first-order valence-electron chi connectivity index (χ1n) is 7.81. The van der Waals surface area contributed by atoms with E-state index in [9.17, 15) is 13.2 Å². The second-order valence-corrected chi connectivity index (χ2v) is 9.40. The van der Waals surface area contributed by atoms with Crippen molar-refractivity contribution in [3.63, 3.8) is 0 Å². The fourth-order valence-corrected chi connectivity index (χ4v) is 4.05. The van der Waals surface area contributed by atoms with Crippen LogP contribution in [0.25, 0.3) is 0 Å². The van der Waals surface area contributed by atoms with E-state index >= 15 is 0 Å². The van der Waals surface area contributed by atoms with Gasteiger partial charge in [-0.05, 0) is 32.2 Å². The highest BCUT2D eigenvalue weighted by atomic mass is 32.2. The predicted molar refractivity (Wildman–Crippen MR) is 101 cm³/mol. The summed E-state index contributed by atoms with van der Waals surface area (Å²) in [7, 11) is -0.119. The van der Waals surface area contributed by atoms with Gasteiger partial charge in [-0.2, -0.15) is 0 Å². The van der Waals surface area contributed by atoms with Crippen LogP contribution in [-0.4, -0.2) is 64.5 Å². The number of nitrogens with zero attached hydrogens (tertiary/aromatic N) is 2. The maximum Gasteiger partial charge on any atom is 0.250 e. The Labute approximate surface area is 153 Å². The van der Waals surface area contributed by atoms with Gasteiger partial charge >= 0.3 is 0 Å². The summed E-state index contributed by atoms with van der Waals surface area (Å²) in [4.78, 5) is 17.7. The molecule has 1 amide bonds. The normalized spacial score (nSPS) is 12.8. The van der Waals surface area contributed by atoms with Crippen LogP contribution >= 0.6 is 11.3 Å². The lowest BCUT2D eigenvalue weighted by Crippen LogP contribution is -2.49. The SMILES string of the molecule is CN=C(NCCNS(=O)(=O)c1cccs1)N(C)CC(=O)NC(C)(C)C. The number of sulfonamides is 1.